The van der Waals surface area contributed by atoms with E-state index in [0.29, 0.717) is 16.0 Å². The quantitative estimate of drug-likeness (QED) is 0.654. The summed E-state index contributed by atoms with van der Waals surface area (Å²) in [6, 6.07) is 7.07. The van der Waals surface area contributed by atoms with Crippen LogP contribution in [-0.4, -0.2) is 26.0 Å². The van der Waals surface area contributed by atoms with Crippen LogP contribution < -0.4 is 11.6 Å². The van der Waals surface area contributed by atoms with Crippen LogP contribution in [0.3, 0.4) is 0 Å². The molecule has 1 unspecified atom stereocenters. The van der Waals surface area contributed by atoms with E-state index in [4.69, 9.17) is 23.2 Å². The zero-order valence-corrected chi connectivity index (χ0v) is 11.6. The summed E-state index contributed by atoms with van der Waals surface area (Å²) in [6.07, 6.45) is 0. The molecule has 2 rings (SSSR count). The minimum absolute atomic E-state index is 0.426. The third-order valence-corrected chi connectivity index (χ3v) is 3.78. The van der Waals surface area contributed by atoms with E-state index < -0.39 is 11.2 Å². The van der Waals surface area contributed by atoms with Gasteiger partial charge in [-0.2, -0.15) is 0 Å². The molecule has 1 amide bonds. The van der Waals surface area contributed by atoms with Gasteiger partial charge >= 0.3 is 0 Å². The number of amides is 1. The van der Waals surface area contributed by atoms with Gasteiger partial charge in [-0.05, 0) is 31.2 Å². The van der Waals surface area contributed by atoms with Gasteiger partial charge in [0.1, 0.15) is 0 Å². The molecule has 1 aromatic heterocycles. The van der Waals surface area contributed by atoms with E-state index in [2.05, 4.69) is 10.2 Å². The zero-order chi connectivity index (χ0) is 14.0. The Bertz CT molecular complexity index is 598. The molecule has 0 aliphatic carbocycles. The highest BCUT2D eigenvalue weighted by Crippen LogP contribution is 2.25. The van der Waals surface area contributed by atoms with Crippen molar-refractivity contribution in [2.24, 2.45) is 5.73 Å². The number of nitrogen functional groups attached to an aromatic ring is 1. The zero-order valence-electron chi connectivity index (χ0n) is 10.1. The SMILES string of the molecule is CC(Sc1nnc(-c2ccc(Cl)cc2)n1N)C(N)=O. The molecule has 8 heteroatoms. The lowest BCUT2D eigenvalue weighted by atomic mass is 10.2. The van der Waals surface area contributed by atoms with Gasteiger partial charge in [0.05, 0.1) is 5.25 Å². The Morgan fingerprint density at radius 2 is 2.00 bits per heavy atom. The molecule has 0 aliphatic heterocycles. The van der Waals surface area contributed by atoms with Crippen molar-refractivity contribution in [2.45, 2.75) is 17.3 Å². The Labute approximate surface area is 119 Å². The maximum absolute atomic E-state index is 11.0. The van der Waals surface area contributed by atoms with Crippen molar-refractivity contribution in [3.8, 4) is 11.4 Å². The van der Waals surface area contributed by atoms with Crippen LogP contribution in [0, 0.1) is 0 Å². The average molecular weight is 298 g/mol. The first-order valence-electron chi connectivity index (χ1n) is 5.41. The summed E-state index contributed by atoms with van der Waals surface area (Å²) in [6.45, 7) is 1.68. The number of carbonyl (C=O) groups is 1. The van der Waals surface area contributed by atoms with Crippen LogP contribution in [-0.2, 0) is 4.79 Å². The summed E-state index contributed by atoms with van der Waals surface area (Å²) in [4.78, 5) is 11.0. The smallest absolute Gasteiger partial charge is 0.230 e. The minimum Gasteiger partial charge on any atom is -0.369 e. The molecule has 1 heterocycles. The third-order valence-electron chi connectivity index (χ3n) is 2.45. The molecule has 6 nitrogen and oxygen atoms in total. The number of benzene rings is 1. The van der Waals surface area contributed by atoms with Gasteiger partial charge in [-0.25, -0.2) is 4.68 Å². The first-order chi connectivity index (χ1) is 8.99. The summed E-state index contributed by atoms with van der Waals surface area (Å²) < 4.78 is 1.33. The highest BCUT2D eigenvalue weighted by molar-refractivity contribution is 8.00. The maximum Gasteiger partial charge on any atom is 0.230 e. The maximum atomic E-state index is 11.0. The van der Waals surface area contributed by atoms with E-state index >= 15 is 0 Å². The normalized spacial score (nSPS) is 12.3. The molecule has 0 radical (unpaired) electrons. The molecule has 1 atom stereocenters. The summed E-state index contributed by atoms with van der Waals surface area (Å²) in [7, 11) is 0. The monoisotopic (exact) mass is 297 g/mol. The van der Waals surface area contributed by atoms with E-state index in [9.17, 15) is 4.79 Å². The molecule has 0 fully saturated rings. The minimum atomic E-state index is -0.430. The summed E-state index contributed by atoms with van der Waals surface area (Å²) in [5, 5.41) is 8.58. The largest absolute Gasteiger partial charge is 0.369 e. The number of nitrogens with two attached hydrogens (primary N) is 2. The van der Waals surface area contributed by atoms with Crippen LogP contribution in [0.25, 0.3) is 11.4 Å². The lowest BCUT2D eigenvalue weighted by molar-refractivity contribution is -0.117. The van der Waals surface area contributed by atoms with Crippen molar-refractivity contribution < 1.29 is 4.79 Å². The van der Waals surface area contributed by atoms with Crippen LogP contribution in [0.1, 0.15) is 6.92 Å². The molecular formula is C11H12ClN5OS. The highest BCUT2D eigenvalue weighted by atomic mass is 35.5. The molecule has 100 valence electrons. The lowest BCUT2D eigenvalue weighted by Gasteiger charge is -2.06. The van der Waals surface area contributed by atoms with Gasteiger partial charge in [-0.1, -0.05) is 23.4 Å². The van der Waals surface area contributed by atoms with Crippen LogP contribution in [0.2, 0.25) is 5.02 Å². The van der Waals surface area contributed by atoms with E-state index in [-0.39, 0.29) is 0 Å². The van der Waals surface area contributed by atoms with Crippen LogP contribution in [0.15, 0.2) is 29.4 Å². The van der Waals surface area contributed by atoms with Gasteiger partial charge in [-0.15, -0.1) is 10.2 Å². The van der Waals surface area contributed by atoms with Gasteiger partial charge in [0, 0.05) is 10.6 Å². The van der Waals surface area contributed by atoms with Crippen molar-refractivity contribution in [3.05, 3.63) is 29.3 Å². The average Bonchev–Trinajstić information content (AvgIpc) is 2.72. The first kappa shape index (κ1) is 13.7. The van der Waals surface area contributed by atoms with E-state index in [1.54, 1.807) is 31.2 Å². The Morgan fingerprint density at radius 3 is 2.58 bits per heavy atom. The number of halogens is 1. The number of primary amides is 1. The van der Waals surface area contributed by atoms with Crippen molar-refractivity contribution in [1.82, 2.24) is 14.9 Å². The number of carbonyl (C=O) groups excluding carboxylic acids is 1. The fourth-order valence-electron chi connectivity index (χ4n) is 1.37. The molecule has 1 aromatic carbocycles. The summed E-state index contributed by atoms with van der Waals surface area (Å²) >= 11 is 6.98. The fraction of sp³-hybridized carbons (Fsp3) is 0.182. The van der Waals surface area contributed by atoms with Crippen LogP contribution in [0.5, 0.6) is 0 Å². The van der Waals surface area contributed by atoms with Gasteiger partial charge in [0.2, 0.25) is 11.1 Å². The number of hydrogen-bond acceptors (Lipinski definition) is 5. The third kappa shape index (κ3) is 2.99. The van der Waals surface area contributed by atoms with Crippen molar-refractivity contribution in [3.63, 3.8) is 0 Å². The van der Waals surface area contributed by atoms with E-state index in [0.717, 1.165) is 17.3 Å². The molecule has 2 aromatic rings. The van der Waals surface area contributed by atoms with Gasteiger partial charge in [0.25, 0.3) is 0 Å². The molecule has 0 aliphatic rings. The van der Waals surface area contributed by atoms with Gasteiger partial charge in [-0.3, -0.25) is 4.79 Å². The van der Waals surface area contributed by atoms with Crippen molar-refractivity contribution >= 4 is 29.3 Å². The molecule has 0 saturated heterocycles. The Morgan fingerprint density at radius 1 is 1.37 bits per heavy atom. The molecule has 4 N–H and O–H groups in total. The Hall–Kier alpha value is -1.73. The van der Waals surface area contributed by atoms with Crippen LogP contribution >= 0.6 is 23.4 Å². The second-order valence-corrected chi connectivity index (χ2v) is 5.59. The fourth-order valence-corrected chi connectivity index (χ4v) is 2.22. The standard InChI is InChI=1S/C11H12ClN5OS/c1-6(9(13)18)19-11-16-15-10(17(11)14)7-2-4-8(12)5-3-7/h2-6H,14H2,1H3,(H2,13,18). The van der Waals surface area contributed by atoms with Crippen molar-refractivity contribution in [2.75, 3.05) is 5.84 Å². The highest BCUT2D eigenvalue weighted by Gasteiger charge is 2.17. The van der Waals surface area contributed by atoms with Crippen molar-refractivity contribution in [1.29, 1.82) is 0 Å². The Kier molecular flexibility index (Phi) is 3.96. The van der Waals surface area contributed by atoms with Gasteiger partial charge < -0.3 is 11.6 Å². The number of thioether (sulfide) groups is 1. The van der Waals surface area contributed by atoms with Gasteiger partial charge in [0.15, 0.2) is 5.82 Å². The number of hydrogen-bond donors (Lipinski definition) is 2. The Balaban J connectivity index is 2.27. The lowest BCUT2D eigenvalue weighted by Crippen LogP contribution is -2.23. The first-order valence-corrected chi connectivity index (χ1v) is 6.67. The molecule has 0 bridgehead atoms. The summed E-state index contributed by atoms with van der Waals surface area (Å²) in [5.41, 5.74) is 5.99. The number of rotatable bonds is 4. The number of aromatic nitrogens is 3. The molecule has 0 spiro atoms. The second-order valence-electron chi connectivity index (χ2n) is 3.85. The molecule has 19 heavy (non-hydrogen) atoms. The molecular weight excluding hydrogens is 286 g/mol. The van der Waals surface area contributed by atoms with E-state index in [1.807, 2.05) is 0 Å². The number of nitrogens with zero attached hydrogens (tertiary/aromatic N) is 3. The second kappa shape index (κ2) is 5.50. The van der Waals surface area contributed by atoms with Crippen LogP contribution in [0.4, 0.5) is 0 Å². The summed E-state index contributed by atoms with van der Waals surface area (Å²) in [5.74, 6) is 5.97. The predicted molar refractivity (Wildman–Crippen MR) is 75.1 cm³/mol. The predicted octanol–water partition coefficient (Wildman–Crippen LogP) is 1.28. The van der Waals surface area contributed by atoms with E-state index in [1.165, 1.54) is 4.68 Å². The molecule has 0 saturated carbocycles. The topological polar surface area (TPSA) is 99.8 Å².